The fourth-order valence-electron chi connectivity index (χ4n) is 2.61. The molecule has 3 rings (SSSR count). The molecule has 0 saturated carbocycles. The van der Waals surface area contributed by atoms with Crippen molar-refractivity contribution in [3.8, 4) is 0 Å². The minimum atomic E-state index is 1.10. The van der Waals surface area contributed by atoms with E-state index in [-0.39, 0.29) is 0 Å². The first-order valence-electron chi connectivity index (χ1n) is 5.78. The molecule has 0 heterocycles. The number of aryl methyl sites for hydroxylation is 1. The summed E-state index contributed by atoms with van der Waals surface area (Å²) >= 11 is 0. The topological polar surface area (TPSA) is 0 Å². The van der Waals surface area contributed by atoms with Gasteiger partial charge in [-0.15, -0.1) is 0 Å². The van der Waals surface area contributed by atoms with Crippen LogP contribution in [-0.4, -0.2) is 0 Å². The minimum Gasteiger partial charge on any atom is -0.0905 e. The van der Waals surface area contributed by atoms with Gasteiger partial charge >= 0.3 is 0 Å². The van der Waals surface area contributed by atoms with Crippen LogP contribution < -0.4 is 10.4 Å². The van der Waals surface area contributed by atoms with Crippen LogP contribution in [0, 0.1) is 6.92 Å². The average molecular weight is 218 g/mol. The minimum absolute atomic E-state index is 1.10. The highest BCUT2D eigenvalue weighted by atomic mass is 14.1. The van der Waals surface area contributed by atoms with Crippen molar-refractivity contribution in [1.82, 2.24) is 0 Å². The van der Waals surface area contributed by atoms with Crippen molar-refractivity contribution in [3.05, 3.63) is 58.5 Å². The molecule has 0 aliphatic carbocycles. The normalized spacial score (nSPS) is 11.1. The van der Waals surface area contributed by atoms with E-state index in [0.717, 1.165) is 10.4 Å². The van der Waals surface area contributed by atoms with Crippen molar-refractivity contribution in [2.24, 2.45) is 0 Å². The van der Waals surface area contributed by atoms with Gasteiger partial charge in [-0.3, -0.25) is 0 Å². The summed E-state index contributed by atoms with van der Waals surface area (Å²) in [6, 6.07) is 14.7. The van der Waals surface area contributed by atoms with Gasteiger partial charge in [-0.25, -0.2) is 0 Å². The van der Waals surface area contributed by atoms with Gasteiger partial charge in [0, 0.05) is 0 Å². The lowest BCUT2D eigenvalue weighted by Gasteiger charge is -2.08. The Hall–Kier alpha value is -2.08. The zero-order valence-corrected chi connectivity index (χ0v) is 9.96. The maximum absolute atomic E-state index is 4.25. The standard InChI is InChI=1S/C17H14/c1-11-7-6-10-16-12(2)14-8-4-5-9-15(14)13(3)17(11)16/h4-10H,2-3H2,1H3. The van der Waals surface area contributed by atoms with Crippen molar-refractivity contribution in [2.75, 3.05) is 0 Å². The van der Waals surface area contributed by atoms with E-state index in [1.807, 2.05) is 0 Å². The van der Waals surface area contributed by atoms with Crippen LogP contribution in [-0.2, 0) is 0 Å². The van der Waals surface area contributed by atoms with Crippen LogP contribution in [0.25, 0.3) is 34.7 Å². The maximum atomic E-state index is 4.25. The Morgan fingerprint density at radius 3 is 2.00 bits per heavy atom. The van der Waals surface area contributed by atoms with Crippen molar-refractivity contribution in [1.29, 1.82) is 0 Å². The molecule has 0 saturated heterocycles. The van der Waals surface area contributed by atoms with E-state index in [4.69, 9.17) is 0 Å². The molecule has 0 atom stereocenters. The highest BCUT2D eigenvalue weighted by Crippen LogP contribution is 2.15. The summed E-state index contributed by atoms with van der Waals surface area (Å²) in [7, 11) is 0. The molecule has 0 N–H and O–H groups in total. The second-order valence-corrected chi connectivity index (χ2v) is 4.50. The summed E-state index contributed by atoms with van der Waals surface area (Å²) in [4.78, 5) is 0. The highest BCUT2D eigenvalue weighted by Gasteiger charge is 2.04. The van der Waals surface area contributed by atoms with Crippen molar-refractivity contribution < 1.29 is 0 Å². The highest BCUT2D eigenvalue weighted by molar-refractivity contribution is 6.00. The van der Waals surface area contributed by atoms with E-state index >= 15 is 0 Å². The van der Waals surface area contributed by atoms with Crippen LogP contribution in [0.4, 0.5) is 0 Å². The van der Waals surface area contributed by atoms with Crippen LogP contribution in [0.5, 0.6) is 0 Å². The summed E-state index contributed by atoms with van der Waals surface area (Å²) in [5.74, 6) is 0. The number of rotatable bonds is 0. The molecule has 0 aliphatic heterocycles. The van der Waals surface area contributed by atoms with Gasteiger partial charge in [-0.1, -0.05) is 55.6 Å². The lowest BCUT2D eigenvalue weighted by Crippen LogP contribution is -2.13. The fourth-order valence-corrected chi connectivity index (χ4v) is 2.61. The summed E-state index contributed by atoms with van der Waals surface area (Å²) in [6.07, 6.45) is 0. The first-order valence-corrected chi connectivity index (χ1v) is 5.78. The molecule has 3 aromatic carbocycles. The molecule has 0 unspecified atom stereocenters. The first-order chi connectivity index (χ1) is 8.20. The molecule has 0 fully saturated rings. The maximum Gasteiger partial charge on any atom is -0.00758 e. The predicted molar refractivity (Wildman–Crippen MR) is 76.5 cm³/mol. The quantitative estimate of drug-likeness (QED) is 0.509. The molecule has 0 spiro atoms. The Morgan fingerprint density at radius 2 is 1.29 bits per heavy atom. The Balaban J connectivity index is 2.80. The third kappa shape index (κ3) is 1.31. The number of hydrogen-bond acceptors (Lipinski definition) is 0. The van der Waals surface area contributed by atoms with Crippen molar-refractivity contribution in [2.45, 2.75) is 6.92 Å². The Morgan fingerprint density at radius 1 is 0.706 bits per heavy atom. The lowest BCUT2D eigenvalue weighted by molar-refractivity contribution is 1.52. The summed E-state index contributed by atoms with van der Waals surface area (Å²) < 4.78 is 0. The summed E-state index contributed by atoms with van der Waals surface area (Å²) in [5, 5.41) is 7.09. The van der Waals surface area contributed by atoms with Crippen molar-refractivity contribution >= 4 is 34.7 Å². The van der Waals surface area contributed by atoms with Crippen molar-refractivity contribution in [3.63, 3.8) is 0 Å². The molecule has 3 aromatic rings. The lowest BCUT2D eigenvalue weighted by atomic mass is 9.96. The Kier molecular flexibility index (Phi) is 2.05. The second kappa shape index (κ2) is 3.46. The van der Waals surface area contributed by atoms with E-state index in [2.05, 4.69) is 62.5 Å². The molecular weight excluding hydrogens is 204 g/mol. The van der Waals surface area contributed by atoms with Gasteiger partial charge in [0.25, 0.3) is 0 Å². The van der Waals surface area contributed by atoms with Gasteiger partial charge in [0.05, 0.1) is 0 Å². The summed E-state index contributed by atoms with van der Waals surface area (Å²) in [6.45, 7) is 10.6. The van der Waals surface area contributed by atoms with E-state index in [0.29, 0.717) is 0 Å². The molecule has 0 aromatic heterocycles. The smallest absolute Gasteiger partial charge is 0.00758 e. The zero-order valence-electron chi connectivity index (χ0n) is 9.96. The summed E-state index contributed by atoms with van der Waals surface area (Å²) in [5.41, 5.74) is 1.27. The van der Waals surface area contributed by atoms with E-state index in [1.165, 1.54) is 27.1 Å². The molecule has 0 nitrogen and oxygen atoms in total. The average Bonchev–Trinajstić information content (AvgIpc) is 2.36. The van der Waals surface area contributed by atoms with E-state index in [9.17, 15) is 0 Å². The molecule has 82 valence electrons. The molecule has 0 amide bonds. The third-order valence-corrected chi connectivity index (χ3v) is 3.48. The van der Waals surface area contributed by atoms with E-state index in [1.54, 1.807) is 0 Å². The zero-order chi connectivity index (χ0) is 12.0. The number of hydrogen-bond donors (Lipinski definition) is 0. The van der Waals surface area contributed by atoms with Gasteiger partial charge < -0.3 is 0 Å². The van der Waals surface area contributed by atoms with Gasteiger partial charge in [0.15, 0.2) is 0 Å². The van der Waals surface area contributed by atoms with Gasteiger partial charge in [-0.2, -0.15) is 0 Å². The van der Waals surface area contributed by atoms with Gasteiger partial charge in [-0.05, 0) is 44.5 Å². The largest absolute Gasteiger partial charge is 0.0905 e. The Bertz CT molecular complexity index is 826. The molecule has 0 bridgehead atoms. The van der Waals surface area contributed by atoms with E-state index < -0.39 is 0 Å². The molecular formula is C17H14. The molecule has 0 heteroatoms. The van der Waals surface area contributed by atoms with Gasteiger partial charge in [0.2, 0.25) is 0 Å². The fraction of sp³-hybridized carbons (Fsp3) is 0.0588. The second-order valence-electron chi connectivity index (χ2n) is 4.50. The number of fused-ring (bicyclic) bond motifs is 2. The molecule has 17 heavy (non-hydrogen) atoms. The Labute approximate surface area is 101 Å². The first kappa shape index (κ1) is 10.1. The number of benzene rings is 3. The SMILES string of the molecule is C=c1c2ccccc2c(=C)c2c(C)cccc12. The predicted octanol–water partition coefficient (Wildman–Crippen LogP) is 3.12. The molecule has 0 radical (unpaired) electrons. The third-order valence-electron chi connectivity index (χ3n) is 3.48. The monoisotopic (exact) mass is 218 g/mol. The van der Waals surface area contributed by atoms with Crippen LogP contribution in [0.2, 0.25) is 0 Å². The van der Waals surface area contributed by atoms with Crippen LogP contribution in [0.3, 0.4) is 0 Å². The van der Waals surface area contributed by atoms with Crippen LogP contribution in [0.1, 0.15) is 5.56 Å². The van der Waals surface area contributed by atoms with Crippen LogP contribution >= 0.6 is 0 Å². The molecule has 0 aliphatic rings. The van der Waals surface area contributed by atoms with Crippen LogP contribution in [0.15, 0.2) is 42.5 Å². The van der Waals surface area contributed by atoms with Gasteiger partial charge in [0.1, 0.15) is 0 Å².